The SMILES string of the molecule is CC(=O)NCc1ccc(S(=O)(=O)N[C@H]2CCNC2)cc1. The van der Waals surface area contributed by atoms with Crippen LogP contribution in [0.3, 0.4) is 0 Å². The van der Waals surface area contributed by atoms with Crippen LogP contribution in [0.2, 0.25) is 0 Å². The van der Waals surface area contributed by atoms with Crippen LogP contribution in [-0.2, 0) is 21.4 Å². The molecule has 0 saturated carbocycles. The number of carbonyl (C=O) groups is 1. The Bertz CT molecular complexity index is 563. The van der Waals surface area contributed by atoms with E-state index in [2.05, 4.69) is 15.4 Å². The van der Waals surface area contributed by atoms with Crippen molar-refractivity contribution >= 4 is 15.9 Å². The first kappa shape index (κ1) is 15.0. The fourth-order valence-corrected chi connectivity index (χ4v) is 3.33. The molecule has 1 aliphatic rings. The topological polar surface area (TPSA) is 87.3 Å². The van der Waals surface area contributed by atoms with Gasteiger partial charge in [0.15, 0.2) is 0 Å². The summed E-state index contributed by atoms with van der Waals surface area (Å²) in [7, 11) is -3.47. The second kappa shape index (κ2) is 6.34. The van der Waals surface area contributed by atoms with E-state index in [1.54, 1.807) is 24.3 Å². The highest BCUT2D eigenvalue weighted by molar-refractivity contribution is 7.89. The first-order valence-corrected chi connectivity index (χ1v) is 8.02. The molecule has 1 aromatic rings. The van der Waals surface area contributed by atoms with Crippen LogP contribution >= 0.6 is 0 Å². The fraction of sp³-hybridized carbons (Fsp3) is 0.462. The highest BCUT2D eigenvalue weighted by Gasteiger charge is 2.22. The van der Waals surface area contributed by atoms with E-state index in [-0.39, 0.29) is 16.8 Å². The Labute approximate surface area is 119 Å². The normalized spacial score (nSPS) is 18.9. The second-order valence-corrected chi connectivity index (χ2v) is 6.58. The summed E-state index contributed by atoms with van der Waals surface area (Å²) in [5, 5.41) is 5.78. The van der Waals surface area contributed by atoms with E-state index < -0.39 is 10.0 Å². The predicted octanol–water partition coefficient (Wildman–Crippen LogP) is -0.0371. The minimum absolute atomic E-state index is 0.0425. The number of rotatable bonds is 5. The molecule has 0 spiro atoms. The molecule has 20 heavy (non-hydrogen) atoms. The Balaban J connectivity index is 2.02. The molecule has 110 valence electrons. The first-order chi connectivity index (χ1) is 9.47. The van der Waals surface area contributed by atoms with Crippen LogP contribution in [0.5, 0.6) is 0 Å². The quantitative estimate of drug-likeness (QED) is 0.712. The van der Waals surface area contributed by atoms with Gasteiger partial charge in [-0.1, -0.05) is 12.1 Å². The molecule has 1 fully saturated rings. The van der Waals surface area contributed by atoms with E-state index in [4.69, 9.17) is 0 Å². The third kappa shape index (κ3) is 4.03. The molecule has 1 atom stereocenters. The van der Waals surface area contributed by atoms with Crippen molar-refractivity contribution in [2.75, 3.05) is 13.1 Å². The summed E-state index contributed by atoms with van der Waals surface area (Å²) in [4.78, 5) is 11.1. The zero-order valence-corrected chi connectivity index (χ0v) is 12.2. The van der Waals surface area contributed by atoms with Crippen molar-refractivity contribution < 1.29 is 13.2 Å². The molecule has 0 aliphatic carbocycles. The van der Waals surface area contributed by atoms with Crippen LogP contribution in [0.25, 0.3) is 0 Å². The lowest BCUT2D eigenvalue weighted by Gasteiger charge is -2.12. The lowest BCUT2D eigenvalue weighted by molar-refractivity contribution is -0.119. The van der Waals surface area contributed by atoms with Crippen LogP contribution in [0.15, 0.2) is 29.2 Å². The van der Waals surface area contributed by atoms with E-state index in [1.165, 1.54) is 6.92 Å². The molecule has 1 heterocycles. The summed E-state index contributed by atoms with van der Waals surface area (Å²) in [5.74, 6) is -0.114. The Morgan fingerprint density at radius 3 is 2.60 bits per heavy atom. The van der Waals surface area contributed by atoms with Crippen LogP contribution in [0.4, 0.5) is 0 Å². The van der Waals surface area contributed by atoms with Gasteiger partial charge in [-0.25, -0.2) is 13.1 Å². The molecule has 3 N–H and O–H groups in total. The van der Waals surface area contributed by atoms with Crippen molar-refractivity contribution in [1.29, 1.82) is 0 Å². The lowest BCUT2D eigenvalue weighted by Crippen LogP contribution is -2.36. The van der Waals surface area contributed by atoms with E-state index in [9.17, 15) is 13.2 Å². The van der Waals surface area contributed by atoms with E-state index in [1.807, 2.05) is 0 Å². The molecule has 0 bridgehead atoms. The largest absolute Gasteiger partial charge is 0.352 e. The summed E-state index contributed by atoms with van der Waals surface area (Å²) < 4.78 is 27.0. The average Bonchev–Trinajstić information content (AvgIpc) is 2.89. The summed E-state index contributed by atoms with van der Waals surface area (Å²) in [6.45, 7) is 3.34. The lowest BCUT2D eigenvalue weighted by atomic mass is 10.2. The fourth-order valence-electron chi connectivity index (χ4n) is 2.06. The number of carbonyl (C=O) groups excluding carboxylic acids is 1. The van der Waals surface area contributed by atoms with Gasteiger partial charge in [-0.15, -0.1) is 0 Å². The molecule has 0 aromatic heterocycles. The van der Waals surface area contributed by atoms with Gasteiger partial charge in [0, 0.05) is 26.1 Å². The van der Waals surface area contributed by atoms with Crippen LogP contribution in [0, 0.1) is 0 Å². The van der Waals surface area contributed by atoms with E-state index in [0.29, 0.717) is 13.1 Å². The minimum atomic E-state index is -3.47. The maximum Gasteiger partial charge on any atom is 0.240 e. The van der Waals surface area contributed by atoms with E-state index in [0.717, 1.165) is 18.5 Å². The van der Waals surface area contributed by atoms with Crippen LogP contribution in [-0.4, -0.2) is 33.5 Å². The second-order valence-electron chi connectivity index (χ2n) is 4.86. The molecule has 1 aromatic carbocycles. The Hall–Kier alpha value is -1.44. The van der Waals surface area contributed by atoms with Crippen molar-refractivity contribution in [3.63, 3.8) is 0 Å². The Morgan fingerprint density at radius 2 is 2.05 bits per heavy atom. The summed E-state index contributed by atoms with van der Waals surface area (Å²) >= 11 is 0. The van der Waals surface area contributed by atoms with Gasteiger partial charge in [0.25, 0.3) is 0 Å². The van der Waals surface area contributed by atoms with Crippen LogP contribution in [0.1, 0.15) is 18.9 Å². The Kier molecular flexibility index (Phi) is 4.74. The van der Waals surface area contributed by atoms with Gasteiger partial charge in [0.05, 0.1) is 4.90 Å². The third-order valence-corrected chi connectivity index (χ3v) is 4.69. The van der Waals surface area contributed by atoms with Gasteiger partial charge < -0.3 is 10.6 Å². The number of amides is 1. The number of hydrogen-bond acceptors (Lipinski definition) is 4. The Morgan fingerprint density at radius 1 is 1.35 bits per heavy atom. The van der Waals surface area contributed by atoms with Gasteiger partial charge in [-0.2, -0.15) is 0 Å². The zero-order valence-electron chi connectivity index (χ0n) is 11.3. The molecule has 2 rings (SSSR count). The molecule has 0 radical (unpaired) electrons. The van der Waals surface area contributed by atoms with Gasteiger partial charge in [0.2, 0.25) is 15.9 Å². The highest BCUT2D eigenvalue weighted by atomic mass is 32.2. The summed E-state index contributed by atoms with van der Waals surface area (Å²) in [5.41, 5.74) is 0.863. The van der Waals surface area contributed by atoms with Crippen molar-refractivity contribution in [2.24, 2.45) is 0 Å². The summed E-state index contributed by atoms with van der Waals surface area (Å²) in [6.07, 6.45) is 0.805. The molecule has 7 heteroatoms. The number of benzene rings is 1. The van der Waals surface area contributed by atoms with E-state index >= 15 is 0 Å². The smallest absolute Gasteiger partial charge is 0.240 e. The minimum Gasteiger partial charge on any atom is -0.352 e. The first-order valence-electron chi connectivity index (χ1n) is 6.54. The highest BCUT2D eigenvalue weighted by Crippen LogP contribution is 2.12. The van der Waals surface area contributed by atoms with Gasteiger partial charge in [0.1, 0.15) is 0 Å². The predicted molar refractivity (Wildman–Crippen MR) is 75.6 cm³/mol. The number of sulfonamides is 1. The van der Waals surface area contributed by atoms with Crippen molar-refractivity contribution in [2.45, 2.75) is 30.8 Å². The average molecular weight is 297 g/mol. The van der Waals surface area contributed by atoms with Crippen molar-refractivity contribution in [3.05, 3.63) is 29.8 Å². The molecule has 1 saturated heterocycles. The van der Waals surface area contributed by atoms with Crippen molar-refractivity contribution in [3.8, 4) is 0 Å². The molecule has 6 nitrogen and oxygen atoms in total. The standard InChI is InChI=1S/C13H19N3O3S/c1-10(17)15-8-11-2-4-13(5-3-11)20(18,19)16-12-6-7-14-9-12/h2-5,12,14,16H,6-9H2,1H3,(H,15,17)/t12-/m0/s1. The van der Waals surface area contributed by atoms with Gasteiger partial charge in [-0.05, 0) is 30.7 Å². The van der Waals surface area contributed by atoms with Crippen molar-refractivity contribution in [1.82, 2.24) is 15.4 Å². The molecule has 1 aliphatic heterocycles. The molecular formula is C13H19N3O3S. The third-order valence-electron chi connectivity index (χ3n) is 3.16. The molecule has 1 amide bonds. The zero-order chi connectivity index (χ0) is 14.6. The van der Waals surface area contributed by atoms with Gasteiger partial charge >= 0.3 is 0 Å². The van der Waals surface area contributed by atoms with Gasteiger partial charge in [-0.3, -0.25) is 4.79 Å². The monoisotopic (exact) mass is 297 g/mol. The maximum atomic E-state index is 12.2. The number of hydrogen-bond donors (Lipinski definition) is 3. The molecule has 0 unspecified atom stereocenters. The maximum absolute atomic E-state index is 12.2. The summed E-state index contributed by atoms with van der Waals surface area (Å²) in [6, 6.07) is 6.48. The molecular weight excluding hydrogens is 278 g/mol. The number of nitrogens with one attached hydrogen (secondary N) is 3. The van der Waals surface area contributed by atoms with Crippen LogP contribution < -0.4 is 15.4 Å².